The Kier molecular flexibility index (Phi) is 5.14. The summed E-state index contributed by atoms with van der Waals surface area (Å²) in [7, 11) is -1.26. The maximum atomic E-state index is 11.9. The molecule has 0 aromatic heterocycles. The average Bonchev–Trinajstić information content (AvgIpc) is 2.46. The van der Waals surface area contributed by atoms with Crippen molar-refractivity contribution in [2.24, 2.45) is 4.40 Å². The van der Waals surface area contributed by atoms with Crippen molar-refractivity contribution in [2.45, 2.75) is 32.4 Å². The predicted octanol–water partition coefficient (Wildman–Crippen LogP) is 4.67. The van der Waals surface area contributed by atoms with E-state index in [2.05, 4.69) is 4.40 Å². The van der Waals surface area contributed by atoms with Gasteiger partial charge in [0.25, 0.3) is 0 Å². The fraction of sp³-hybridized carbons (Fsp3) is 0.278. The second-order valence-electron chi connectivity index (χ2n) is 6.08. The summed E-state index contributed by atoms with van der Waals surface area (Å²) in [6, 6.07) is 15.5. The van der Waals surface area contributed by atoms with Gasteiger partial charge >= 0.3 is 0 Å². The average molecular weight is 315 g/mol. The van der Waals surface area contributed by atoms with Crippen molar-refractivity contribution in [3.63, 3.8) is 0 Å². The van der Waals surface area contributed by atoms with Gasteiger partial charge in [0.15, 0.2) is 0 Å². The quantitative estimate of drug-likeness (QED) is 0.769. The van der Waals surface area contributed by atoms with Crippen LogP contribution in [0.5, 0.6) is 11.5 Å². The van der Waals surface area contributed by atoms with Crippen molar-refractivity contribution in [1.29, 1.82) is 0 Å². The molecule has 116 valence electrons. The topological polar surface area (TPSA) is 38.7 Å². The lowest BCUT2D eigenvalue weighted by Crippen LogP contribution is -2.19. The summed E-state index contributed by atoms with van der Waals surface area (Å²) in [5, 5.41) is 0. The highest BCUT2D eigenvalue weighted by Gasteiger charge is 2.18. The molecule has 2 rings (SSSR count). The van der Waals surface area contributed by atoms with Gasteiger partial charge in [-0.1, -0.05) is 29.8 Å². The van der Waals surface area contributed by atoms with Crippen LogP contribution < -0.4 is 4.74 Å². The zero-order chi connectivity index (χ0) is 16.2. The third kappa shape index (κ3) is 4.81. The van der Waals surface area contributed by atoms with Crippen LogP contribution in [0.15, 0.2) is 52.9 Å². The molecule has 22 heavy (non-hydrogen) atoms. The zero-order valence-electron chi connectivity index (χ0n) is 13.4. The van der Waals surface area contributed by atoms with E-state index >= 15 is 0 Å². The Bertz CT molecular complexity index is 685. The molecule has 0 heterocycles. The Morgan fingerprint density at radius 1 is 1.05 bits per heavy atom. The number of hydrogen-bond donors (Lipinski definition) is 0. The highest BCUT2D eigenvalue weighted by atomic mass is 32.2. The first-order chi connectivity index (χ1) is 10.3. The van der Waals surface area contributed by atoms with Crippen LogP contribution in [0.2, 0.25) is 0 Å². The Balaban J connectivity index is 2.11. The number of ether oxygens (including phenoxy) is 1. The van der Waals surface area contributed by atoms with Crippen LogP contribution in [0.3, 0.4) is 0 Å². The maximum absolute atomic E-state index is 11.9. The van der Waals surface area contributed by atoms with Crippen LogP contribution in [0.25, 0.3) is 0 Å². The van der Waals surface area contributed by atoms with E-state index in [1.807, 2.05) is 76.2 Å². The molecule has 0 unspecified atom stereocenters. The third-order valence-corrected chi connectivity index (χ3v) is 4.28. The van der Waals surface area contributed by atoms with E-state index in [4.69, 9.17) is 4.74 Å². The van der Waals surface area contributed by atoms with Gasteiger partial charge in [0.1, 0.15) is 22.5 Å². The molecule has 1 atom stereocenters. The summed E-state index contributed by atoms with van der Waals surface area (Å²) in [5.41, 5.74) is 2.06. The summed E-state index contributed by atoms with van der Waals surface area (Å²) in [6.07, 6.45) is 1.63. The molecule has 0 saturated heterocycles. The lowest BCUT2D eigenvalue weighted by atomic mass is 10.2. The molecule has 0 amide bonds. The van der Waals surface area contributed by atoms with Crippen molar-refractivity contribution in [1.82, 2.24) is 0 Å². The molecular weight excluding hydrogens is 294 g/mol. The van der Waals surface area contributed by atoms with Crippen LogP contribution in [0.1, 0.15) is 31.9 Å². The van der Waals surface area contributed by atoms with Crippen molar-refractivity contribution in [3.05, 3.63) is 59.7 Å². The monoisotopic (exact) mass is 315 g/mol. The minimum atomic E-state index is -1.26. The molecule has 0 aliphatic carbocycles. The van der Waals surface area contributed by atoms with Gasteiger partial charge in [-0.15, -0.1) is 0 Å². The SMILES string of the molecule is Cc1ccc(Oc2cccc(/C=N/[S@](=O)C(C)(C)C)c2)cc1. The van der Waals surface area contributed by atoms with Crippen molar-refractivity contribution in [3.8, 4) is 11.5 Å². The minimum Gasteiger partial charge on any atom is -0.457 e. The zero-order valence-corrected chi connectivity index (χ0v) is 14.2. The van der Waals surface area contributed by atoms with E-state index in [1.165, 1.54) is 5.56 Å². The number of hydrogen-bond acceptors (Lipinski definition) is 2. The lowest BCUT2D eigenvalue weighted by Gasteiger charge is -2.12. The molecule has 2 aromatic rings. The molecule has 3 nitrogen and oxygen atoms in total. The van der Waals surface area contributed by atoms with Crippen LogP contribution in [-0.2, 0) is 11.0 Å². The largest absolute Gasteiger partial charge is 0.457 e. The molecule has 0 bridgehead atoms. The summed E-state index contributed by atoms with van der Waals surface area (Å²) in [6.45, 7) is 7.74. The van der Waals surface area contributed by atoms with Gasteiger partial charge in [-0.3, -0.25) is 0 Å². The van der Waals surface area contributed by atoms with E-state index in [1.54, 1.807) is 6.21 Å². The standard InChI is InChI=1S/C18H21NO2S/c1-14-8-10-16(11-9-14)21-17-7-5-6-15(12-17)13-19-22(20)18(2,3)4/h5-13H,1-4H3/b19-13+/t22-/m1/s1. The first-order valence-electron chi connectivity index (χ1n) is 7.15. The van der Waals surface area contributed by atoms with Crippen molar-refractivity contribution in [2.75, 3.05) is 0 Å². The Morgan fingerprint density at radius 2 is 1.73 bits per heavy atom. The van der Waals surface area contributed by atoms with Crippen molar-refractivity contribution >= 4 is 17.2 Å². The summed E-state index contributed by atoms with van der Waals surface area (Å²) >= 11 is 0. The van der Waals surface area contributed by atoms with Crippen LogP contribution >= 0.6 is 0 Å². The first-order valence-corrected chi connectivity index (χ1v) is 8.26. The van der Waals surface area contributed by atoms with E-state index < -0.39 is 11.0 Å². The summed E-state index contributed by atoms with van der Waals surface area (Å²) < 4.78 is 21.5. The second kappa shape index (κ2) is 6.88. The maximum Gasteiger partial charge on any atom is 0.144 e. The fourth-order valence-corrected chi connectivity index (χ4v) is 2.20. The van der Waals surface area contributed by atoms with Crippen molar-refractivity contribution < 1.29 is 8.95 Å². The van der Waals surface area contributed by atoms with Crippen LogP contribution in [-0.4, -0.2) is 15.2 Å². The van der Waals surface area contributed by atoms with E-state index in [0.29, 0.717) is 0 Å². The third-order valence-electron chi connectivity index (χ3n) is 2.94. The molecule has 0 N–H and O–H groups in total. The highest BCUT2D eigenvalue weighted by molar-refractivity contribution is 7.85. The minimum absolute atomic E-state index is 0.355. The van der Waals surface area contributed by atoms with Gasteiger partial charge in [0.2, 0.25) is 0 Å². The predicted molar refractivity (Wildman–Crippen MR) is 93.2 cm³/mol. The Hall–Kier alpha value is -1.94. The number of nitrogens with zero attached hydrogens (tertiary/aromatic N) is 1. The molecule has 0 aliphatic heterocycles. The lowest BCUT2D eigenvalue weighted by molar-refractivity contribution is 0.482. The van der Waals surface area contributed by atoms with Gasteiger partial charge in [-0.05, 0) is 57.5 Å². The normalized spacial score (nSPS) is 13.3. The molecular formula is C18H21NO2S. The summed E-state index contributed by atoms with van der Waals surface area (Å²) in [5.74, 6) is 1.52. The van der Waals surface area contributed by atoms with E-state index in [-0.39, 0.29) is 4.75 Å². The van der Waals surface area contributed by atoms with Gasteiger partial charge < -0.3 is 4.74 Å². The molecule has 0 aliphatic rings. The van der Waals surface area contributed by atoms with Crippen LogP contribution in [0, 0.1) is 6.92 Å². The molecule has 2 aromatic carbocycles. The van der Waals surface area contributed by atoms with E-state index in [9.17, 15) is 4.21 Å². The van der Waals surface area contributed by atoms with Gasteiger partial charge in [0, 0.05) is 6.21 Å². The van der Waals surface area contributed by atoms with Gasteiger partial charge in [-0.25, -0.2) is 4.21 Å². The van der Waals surface area contributed by atoms with Gasteiger partial charge in [-0.2, -0.15) is 4.40 Å². The number of benzene rings is 2. The first kappa shape index (κ1) is 16.4. The van der Waals surface area contributed by atoms with Crippen LogP contribution in [0.4, 0.5) is 0 Å². The molecule has 0 fully saturated rings. The molecule has 0 saturated carbocycles. The number of rotatable bonds is 4. The second-order valence-corrected chi connectivity index (χ2v) is 8.02. The highest BCUT2D eigenvalue weighted by Crippen LogP contribution is 2.22. The Labute approximate surface area is 134 Å². The molecule has 0 radical (unpaired) electrons. The summed E-state index contributed by atoms with van der Waals surface area (Å²) in [4.78, 5) is 0. The molecule has 0 spiro atoms. The smallest absolute Gasteiger partial charge is 0.144 e. The fourth-order valence-electron chi connectivity index (χ4n) is 1.67. The Morgan fingerprint density at radius 3 is 2.36 bits per heavy atom. The molecule has 4 heteroatoms. The van der Waals surface area contributed by atoms with E-state index in [0.717, 1.165) is 17.1 Å². The number of aryl methyl sites for hydroxylation is 1. The van der Waals surface area contributed by atoms with Gasteiger partial charge in [0.05, 0.1) is 4.75 Å².